The van der Waals surface area contributed by atoms with Gasteiger partial charge in [-0.3, -0.25) is 4.79 Å². The molecule has 0 aromatic heterocycles. The number of hydrogen-bond donors (Lipinski definition) is 2. The third kappa shape index (κ3) is 4.11. The first kappa shape index (κ1) is 15.7. The Balaban J connectivity index is 3.09. The molecule has 0 atom stereocenters. The van der Waals surface area contributed by atoms with Crippen molar-refractivity contribution in [2.75, 3.05) is 5.32 Å². The van der Waals surface area contributed by atoms with Crippen molar-refractivity contribution < 1.29 is 27.9 Å². The molecule has 0 radical (unpaired) electrons. The lowest BCUT2D eigenvalue weighted by atomic mass is 10.1. The number of carbonyl (C=O) groups excluding carboxylic acids is 1. The van der Waals surface area contributed by atoms with Crippen molar-refractivity contribution in [3.8, 4) is 0 Å². The van der Waals surface area contributed by atoms with E-state index in [4.69, 9.17) is 5.11 Å². The van der Waals surface area contributed by atoms with Crippen molar-refractivity contribution in [2.24, 2.45) is 0 Å². The Kier molecular flexibility index (Phi) is 4.90. The van der Waals surface area contributed by atoms with Gasteiger partial charge in [-0.25, -0.2) is 4.79 Å². The molecule has 1 aromatic carbocycles. The maximum Gasteiger partial charge on any atom is 0.416 e. The summed E-state index contributed by atoms with van der Waals surface area (Å²) in [5.41, 5.74) is -1.80. The highest BCUT2D eigenvalue weighted by Gasteiger charge is 2.31. The molecule has 0 aliphatic carbocycles. The lowest BCUT2D eigenvalue weighted by Crippen LogP contribution is -2.15. The van der Waals surface area contributed by atoms with Crippen LogP contribution in [0.3, 0.4) is 0 Å². The Labute approximate surface area is 112 Å². The van der Waals surface area contributed by atoms with E-state index in [1.807, 2.05) is 0 Å². The first-order valence-electron chi connectivity index (χ1n) is 5.61. The van der Waals surface area contributed by atoms with Gasteiger partial charge in [-0.15, -0.1) is 6.58 Å². The average Bonchev–Trinajstić information content (AvgIpc) is 2.34. The Morgan fingerprint density at radius 3 is 2.50 bits per heavy atom. The molecule has 0 unspecified atom stereocenters. The predicted molar refractivity (Wildman–Crippen MR) is 66.5 cm³/mol. The van der Waals surface area contributed by atoms with E-state index >= 15 is 0 Å². The van der Waals surface area contributed by atoms with Gasteiger partial charge in [-0.1, -0.05) is 6.08 Å². The number of carboxylic acids is 1. The van der Waals surface area contributed by atoms with Crippen LogP contribution >= 0.6 is 0 Å². The number of aromatic carboxylic acids is 1. The monoisotopic (exact) mass is 287 g/mol. The highest BCUT2D eigenvalue weighted by Crippen LogP contribution is 2.32. The summed E-state index contributed by atoms with van der Waals surface area (Å²) in [5, 5.41) is 11.1. The number of nitrogens with one attached hydrogen (secondary N) is 1. The third-order valence-electron chi connectivity index (χ3n) is 2.43. The van der Waals surface area contributed by atoms with Crippen molar-refractivity contribution in [3.63, 3.8) is 0 Å². The molecule has 1 rings (SSSR count). The first-order chi connectivity index (χ1) is 9.25. The van der Waals surface area contributed by atoms with Gasteiger partial charge in [0.1, 0.15) is 0 Å². The lowest BCUT2D eigenvalue weighted by Gasteiger charge is -2.12. The van der Waals surface area contributed by atoms with Gasteiger partial charge in [0.25, 0.3) is 0 Å². The quantitative estimate of drug-likeness (QED) is 0.816. The zero-order valence-corrected chi connectivity index (χ0v) is 10.3. The van der Waals surface area contributed by atoms with E-state index in [9.17, 15) is 22.8 Å². The summed E-state index contributed by atoms with van der Waals surface area (Å²) in [5.74, 6) is -2.00. The second-order valence-corrected chi connectivity index (χ2v) is 3.94. The van der Waals surface area contributed by atoms with Crippen molar-refractivity contribution in [2.45, 2.75) is 19.0 Å². The summed E-state index contributed by atoms with van der Waals surface area (Å²) < 4.78 is 37.7. The lowest BCUT2D eigenvalue weighted by molar-refractivity contribution is -0.137. The molecule has 0 saturated heterocycles. The minimum absolute atomic E-state index is 0.0127. The molecular formula is C13H12F3NO3. The van der Waals surface area contributed by atoms with Gasteiger partial charge in [-0.05, 0) is 24.6 Å². The maximum absolute atomic E-state index is 12.6. The zero-order chi connectivity index (χ0) is 15.3. The number of carboxylic acid groups (broad SMARTS) is 1. The Hall–Kier alpha value is -2.31. The van der Waals surface area contributed by atoms with E-state index in [0.29, 0.717) is 18.6 Å². The molecule has 2 N–H and O–H groups in total. The van der Waals surface area contributed by atoms with Crippen molar-refractivity contribution >= 4 is 17.6 Å². The van der Waals surface area contributed by atoms with Gasteiger partial charge in [-0.2, -0.15) is 13.2 Å². The molecule has 0 bridgehead atoms. The summed E-state index contributed by atoms with van der Waals surface area (Å²) in [4.78, 5) is 22.4. The topological polar surface area (TPSA) is 66.4 Å². The number of rotatable bonds is 5. The van der Waals surface area contributed by atoms with Gasteiger partial charge in [0.05, 0.1) is 16.8 Å². The molecule has 1 aromatic rings. The van der Waals surface area contributed by atoms with E-state index in [2.05, 4.69) is 11.9 Å². The van der Waals surface area contributed by atoms with Gasteiger partial charge in [0, 0.05) is 6.42 Å². The number of alkyl halides is 3. The molecule has 0 spiro atoms. The maximum atomic E-state index is 12.6. The van der Waals surface area contributed by atoms with Gasteiger partial charge in [0.15, 0.2) is 0 Å². The first-order valence-corrected chi connectivity index (χ1v) is 5.61. The van der Waals surface area contributed by atoms with E-state index in [1.165, 1.54) is 6.08 Å². The van der Waals surface area contributed by atoms with Crippen molar-refractivity contribution in [1.82, 2.24) is 0 Å². The summed E-state index contributed by atoms with van der Waals surface area (Å²) in [6, 6.07) is 2.08. The van der Waals surface area contributed by atoms with Gasteiger partial charge >= 0.3 is 12.1 Å². The molecule has 0 fully saturated rings. The standard InChI is InChI=1S/C13H12F3NO3/c1-2-3-4-11(18)17-10-7-8(13(14,15)16)5-6-9(10)12(19)20/h2,5-7H,1,3-4H2,(H,17,18)(H,19,20). The molecule has 20 heavy (non-hydrogen) atoms. The molecular weight excluding hydrogens is 275 g/mol. The van der Waals surface area contributed by atoms with Crippen LogP contribution in [0, 0.1) is 0 Å². The van der Waals surface area contributed by atoms with Crippen LogP contribution in [0.2, 0.25) is 0 Å². The average molecular weight is 287 g/mol. The van der Waals surface area contributed by atoms with Crippen LogP contribution in [0.1, 0.15) is 28.8 Å². The van der Waals surface area contributed by atoms with E-state index in [-0.39, 0.29) is 12.1 Å². The molecule has 4 nitrogen and oxygen atoms in total. The summed E-state index contributed by atoms with van der Waals surface area (Å²) >= 11 is 0. The minimum Gasteiger partial charge on any atom is -0.478 e. The van der Waals surface area contributed by atoms with Crippen molar-refractivity contribution in [3.05, 3.63) is 42.0 Å². The fourth-order valence-corrected chi connectivity index (χ4v) is 1.46. The van der Waals surface area contributed by atoms with E-state index in [1.54, 1.807) is 0 Å². The van der Waals surface area contributed by atoms with Crippen molar-refractivity contribution in [1.29, 1.82) is 0 Å². The Bertz CT molecular complexity index is 538. The molecule has 108 valence electrons. The van der Waals surface area contributed by atoms with Crippen LogP contribution in [-0.2, 0) is 11.0 Å². The number of hydrogen-bond acceptors (Lipinski definition) is 2. The number of carbonyl (C=O) groups is 2. The molecule has 1 amide bonds. The van der Waals surface area contributed by atoms with Gasteiger partial charge in [0.2, 0.25) is 5.91 Å². The van der Waals surface area contributed by atoms with Crippen LogP contribution in [-0.4, -0.2) is 17.0 Å². The van der Waals surface area contributed by atoms with Gasteiger partial charge < -0.3 is 10.4 Å². The summed E-state index contributed by atoms with van der Waals surface area (Å²) in [6.45, 7) is 3.41. The van der Waals surface area contributed by atoms with Crippen LogP contribution in [0.5, 0.6) is 0 Å². The Morgan fingerprint density at radius 2 is 2.00 bits per heavy atom. The minimum atomic E-state index is -4.61. The predicted octanol–water partition coefficient (Wildman–Crippen LogP) is 3.31. The van der Waals surface area contributed by atoms with Crippen LogP contribution in [0.4, 0.5) is 18.9 Å². The molecule has 7 heteroatoms. The van der Waals surface area contributed by atoms with E-state index in [0.717, 1.165) is 6.07 Å². The fourth-order valence-electron chi connectivity index (χ4n) is 1.46. The molecule has 0 heterocycles. The molecule has 0 aliphatic rings. The SMILES string of the molecule is C=CCCC(=O)Nc1cc(C(F)(F)F)ccc1C(=O)O. The summed E-state index contributed by atoms with van der Waals surface area (Å²) in [7, 11) is 0. The normalized spacial score (nSPS) is 10.9. The summed E-state index contributed by atoms with van der Waals surface area (Å²) in [6.07, 6.45) is -2.78. The number of benzene rings is 1. The number of anilines is 1. The Morgan fingerprint density at radius 1 is 1.35 bits per heavy atom. The highest BCUT2D eigenvalue weighted by atomic mass is 19.4. The molecule has 0 aliphatic heterocycles. The highest BCUT2D eigenvalue weighted by molar-refractivity contribution is 6.00. The largest absolute Gasteiger partial charge is 0.478 e. The second-order valence-electron chi connectivity index (χ2n) is 3.94. The second kappa shape index (κ2) is 6.23. The van der Waals surface area contributed by atoms with E-state index < -0.39 is 29.2 Å². The third-order valence-corrected chi connectivity index (χ3v) is 2.43. The number of amides is 1. The fraction of sp³-hybridized carbons (Fsp3) is 0.231. The van der Waals surface area contributed by atoms with Crippen LogP contribution < -0.4 is 5.32 Å². The number of halogens is 3. The van der Waals surface area contributed by atoms with Crippen LogP contribution in [0.15, 0.2) is 30.9 Å². The molecule has 0 saturated carbocycles. The zero-order valence-electron chi connectivity index (χ0n) is 10.3. The van der Waals surface area contributed by atoms with Crippen LogP contribution in [0.25, 0.3) is 0 Å². The number of allylic oxidation sites excluding steroid dienone is 1. The smallest absolute Gasteiger partial charge is 0.416 e.